The van der Waals surface area contributed by atoms with Crippen molar-refractivity contribution in [1.29, 1.82) is 0 Å². The molecular weight excluding hydrogens is 695 g/mol. The van der Waals surface area contributed by atoms with Gasteiger partial charge in [0.2, 0.25) is 0 Å². The van der Waals surface area contributed by atoms with Gasteiger partial charge in [0.25, 0.3) is 0 Å². The van der Waals surface area contributed by atoms with E-state index in [1.54, 1.807) is 0 Å². The molecule has 0 saturated carbocycles. The van der Waals surface area contributed by atoms with Crippen LogP contribution >= 0.6 is 0 Å². The van der Waals surface area contributed by atoms with Gasteiger partial charge in [-0.15, -0.1) is 0 Å². The molecule has 0 aliphatic carbocycles. The highest BCUT2D eigenvalue weighted by Gasteiger charge is 2.97. The molecule has 268 valence electrons. The maximum absolute atomic E-state index is 13.5. The van der Waals surface area contributed by atoms with Crippen LogP contribution in [0.2, 0.25) is 0 Å². The van der Waals surface area contributed by atoms with Crippen LogP contribution in [0.15, 0.2) is 0 Å². The molecule has 0 radical (unpaired) electrons. The number of alkyl halides is 19. The highest BCUT2D eigenvalue weighted by Crippen LogP contribution is 2.65. The number of rotatable bonds is 15. The topological polar surface area (TPSA) is 57.2 Å². The highest BCUT2D eigenvalue weighted by molar-refractivity contribution is 7.86. The van der Waals surface area contributed by atoms with Crippen LogP contribution < -0.4 is 0 Å². The Morgan fingerprint density at radius 3 is 0.909 bits per heavy atom. The lowest BCUT2D eigenvalue weighted by Crippen LogP contribution is -2.76. The van der Waals surface area contributed by atoms with Gasteiger partial charge < -0.3 is 9.04 Å². The van der Waals surface area contributed by atoms with E-state index in [1.807, 2.05) is 0 Å². The van der Waals surface area contributed by atoms with Crippen LogP contribution in [0.3, 0.4) is 0 Å². The Balaban J connectivity index is 0. The zero-order chi connectivity index (χ0) is 36.6. The molecule has 44 heavy (non-hydrogen) atoms. The average Bonchev–Trinajstić information content (AvgIpc) is 2.88. The molecule has 0 aromatic rings. The molecule has 0 bridgehead atoms. The van der Waals surface area contributed by atoms with Gasteiger partial charge in [0.05, 0.1) is 26.2 Å². The lowest BCUT2D eigenvalue weighted by Gasteiger charge is -2.44. The minimum atomic E-state index is -9.14. The van der Waals surface area contributed by atoms with E-state index in [0.29, 0.717) is 0 Å². The van der Waals surface area contributed by atoms with E-state index in [2.05, 4.69) is 27.7 Å². The normalized spacial score (nSPS) is 16.4. The molecule has 0 fully saturated rings. The Morgan fingerprint density at radius 1 is 0.500 bits per heavy atom. The first-order valence-corrected chi connectivity index (χ1v) is 13.2. The third-order valence-electron chi connectivity index (χ3n) is 6.90. The maximum Gasteiger partial charge on any atom is 0.402 e. The van der Waals surface area contributed by atoms with Gasteiger partial charge in [-0.3, -0.25) is 0 Å². The highest BCUT2D eigenvalue weighted by atomic mass is 32.2. The Bertz CT molecular complexity index is 1040. The number of hydrogen-bond donors (Lipinski definition) is 0. The van der Waals surface area contributed by atoms with Crippen molar-refractivity contribution in [2.45, 2.75) is 99.8 Å². The lowest BCUT2D eigenvalue weighted by atomic mass is 9.86. The predicted octanol–water partition coefficient (Wildman–Crippen LogP) is 7.84. The van der Waals surface area contributed by atoms with Crippen molar-refractivity contribution >= 4 is 10.1 Å². The molecular formula is C20H26F19NO3S. The lowest BCUT2D eigenvalue weighted by molar-refractivity contribution is -0.921. The first kappa shape index (κ1) is 44.7. The largest absolute Gasteiger partial charge is 0.743 e. The number of quaternary nitrogens is 1. The minimum absolute atomic E-state index is 0.139. The predicted molar refractivity (Wildman–Crippen MR) is 112 cm³/mol. The van der Waals surface area contributed by atoms with Crippen LogP contribution in [0.5, 0.6) is 0 Å². The zero-order valence-electron chi connectivity index (χ0n) is 22.9. The summed E-state index contributed by atoms with van der Waals surface area (Å²) in [6.07, 6.45) is -6.60. The third-order valence-corrected chi connectivity index (χ3v) is 7.78. The van der Waals surface area contributed by atoms with Crippen LogP contribution in [0.4, 0.5) is 83.4 Å². The standard InChI is InChI=1S/C12H7F19O3S.C8H20N/c1-2-3(13)4(14,15)5(16,17)6(18,19)7(20,21)8(22,23)9(24,25)10(26,27)11(28,29)12(30,31)35(32,33)34;1-5-9(6-2,7-3)8-4/h3H,2H2,1H3,(H,32,33,34);5-8H2,1-4H3/q;+1/p-1. The molecule has 0 amide bonds. The van der Waals surface area contributed by atoms with E-state index in [-0.39, 0.29) is 6.92 Å². The van der Waals surface area contributed by atoms with Crippen molar-refractivity contribution in [1.82, 2.24) is 0 Å². The summed E-state index contributed by atoms with van der Waals surface area (Å²) in [5, 5.41) is -8.07. The van der Waals surface area contributed by atoms with Gasteiger partial charge in [0, 0.05) is 0 Å². The molecule has 1 unspecified atom stereocenters. The fraction of sp³-hybridized carbons (Fsp3) is 1.00. The molecule has 0 spiro atoms. The summed E-state index contributed by atoms with van der Waals surface area (Å²) < 4.78 is 283. The summed E-state index contributed by atoms with van der Waals surface area (Å²) in [6.45, 7) is 14.4. The molecule has 0 heterocycles. The van der Waals surface area contributed by atoms with E-state index < -0.39 is 75.3 Å². The van der Waals surface area contributed by atoms with Gasteiger partial charge >= 0.3 is 52.6 Å². The monoisotopic (exact) mass is 721 g/mol. The number of hydrogen-bond acceptors (Lipinski definition) is 3. The fourth-order valence-corrected chi connectivity index (χ4v) is 3.77. The first-order valence-electron chi connectivity index (χ1n) is 11.8. The number of nitrogens with zero attached hydrogens (tertiary/aromatic N) is 1. The van der Waals surface area contributed by atoms with Gasteiger partial charge in [-0.05, 0) is 34.1 Å². The van der Waals surface area contributed by atoms with Crippen molar-refractivity contribution < 1.29 is 101 Å². The minimum Gasteiger partial charge on any atom is -0.743 e. The first-order chi connectivity index (χ1) is 19.0. The molecule has 0 N–H and O–H groups in total. The molecule has 0 rings (SSSR count). The van der Waals surface area contributed by atoms with Crippen molar-refractivity contribution in [3.05, 3.63) is 0 Å². The SMILES string of the molecule is CCC(F)C(F)(F)C(F)(F)C(F)(F)C(F)(F)C(F)(F)C(F)(F)C(F)(F)C(F)(F)C(F)(F)S(=O)(=O)[O-].CC[N+](CC)(CC)CC. The van der Waals surface area contributed by atoms with E-state index >= 15 is 0 Å². The summed E-state index contributed by atoms with van der Waals surface area (Å²) in [5.74, 6) is -69.0. The van der Waals surface area contributed by atoms with E-state index in [4.69, 9.17) is 0 Å². The van der Waals surface area contributed by atoms with Crippen molar-refractivity contribution in [2.24, 2.45) is 0 Å². The zero-order valence-corrected chi connectivity index (χ0v) is 23.7. The molecule has 0 aromatic heterocycles. The van der Waals surface area contributed by atoms with Gasteiger partial charge in [-0.25, -0.2) is 12.8 Å². The molecule has 24 heteroatoms. The Kier molecular flexibility index (Phi) is 13.2. The third kappa shape index (κ3) is 6.40. The van der Waals surface area contributed by atoms with Crippen molar-refractivity contribution in [3.8, 4) is 0 Å². The van der Waals surface area contributed by atoms with E-state index in [0.717, 1.165) is 0 Å². The van der Waals surface area contributed by atoms with Crippen molar-refractivity contribution in [3.63, 3.8) is 0 Å². The van der Waals surface area contributed by atoms with Crippen LogP contribution in [-0.4, -0.2) is 102 Å². The maximum atomic E-state index is 13.5. The summed E-state index contributed by atoms with van der Waals surface area (Å²) in [7, 11) is -8.26. The summed E-state index contributed by atoms with van der Waals surface area (Å²) in [4.78, 5) is 0. The molecule has 0 saturated heterocycles. The van der Waals surface area contributed by atoms with Crippen LogP contribution in [0.1, 0.15) is 41.0 Å². The van der Waals surface area contributed by atoms with Gasteiger partial charge in [-0.2, -0.15) is 79.0 Å². The molecule has 1 atom stereocenters. The Morgan fingerprint density at radius 2 is 0.727 bits per heavy atom. The van der Waals surface area contributed by atoms with Crippen LogP contribution in [-0.2, 0) is 10.1 Å². The van der Waals surface area contributed by atoms with Gasteiger partial charge in [-0.1, -0.05) is 6.92 Å². The quantitative estimate of drug-likeness (QED) is 0.0985. The van der Waals surface area contributed by atoms with E-state index in [9.17, 15) is 96.4 Å². The van der Waals surface area contributed by atoms with Crippen LogP contribution in [0, 0.1) is 0 Å². The van der Waals surface area contributed by atoms with E-state index in [1.165, 1.54) is 30.7 Å². The van der Waals surface area contributed by atoms with Gasteiger partial charge in [0.15, 0.2) is 16.3 Å². The second-order valence-corrected chi connectivity index (χ2v) is 10.5. The Labute approximate surface area is 237 Å². The summed E-state index contributed by atoms with van der Waals surface area (Å²) >= 11 is 0. The fourth-order valence-electron chi connectivity index (χ4n) is 3.33. The molecule has 0 aliphatic rings. The average molecular weight is 721 g/mol. The molecule has 0 aliphatic heterocycles. The van der Waals surface area contributed by atoms with Crippen LogP contribution in [0.25, 0.3) is 0 Å². The van der Waals surface area contributed by atoms with Gasteiger partial charge in [0.1, 0.15) is 0 Å². The molecule has 4 nitrogen and oxygen atoms in total. The summed E-state index contributed by atoms with van der Waals surface area (Å²) in [5.41, 5.74) is 0. The smallest absolute Gasteiger partial charge is 0.402 e. The van der Waals surface area contributed by atoms with Crippen molar-refractivity contribution in [2.75, 3.05) is 26.2 Å². The molecule has 0 aromatic carbocycles. The number of halogens is 19. The second kappa shape index (κ2) is 13.0. The summed E-state index contributed by atoms with van der Waals surface area (Å²) in [6, 6.07) is 0. The second-order valence-electron chi connectivity index (χ2n) is 9.10. The Hall–Kier alpha value is -1.46.